The van der Waals surface area contributed by atoms with Crippen molar-refractivity contribution in [3.63, 3.8) is 0 Å². The van der Waals surface area contributed by atoms with Crippen molar-refractivity contribution >= 4 is 60.5 Å². The van der Waals surface area contributed by atoms with Gasteiger partial charge >= 0.3 is 0 Å². The van der Waals surface area contributed by atoms with Crippen LogP contribution in [0.3, 0.4) is 0 Å². The molecule has 0 N–H and O–H groups in total. The van der Waals surface area contributed by atoms with E-state index in [1.165, 1.54) is 54.9 Å². The Balaban J connectivity index is 1.23. The zero-order valence-electron chi connectivity index (χ0n) is 34.1. The van der Waals surface area contributed by atoms with Crippen LogP contribution in [-0.2, 0) is 5.41 Å². The largest absolute Gasteiger partial charge is 0.456 e. The standard InChI is InChI=1S/C59H41NO/c1-59(2)51-27-15-13-24-47(51)48-30-29-44(37-52(48)59)60(54-36-40-21-9-10-22-45(40)46-23-11-12-25-49(46)54)53-31-32-56-58(50-26-14-16-28-55(50)61-56)57(53)43-34-41(38-17-5-3-6-18-38)33-42(35-43)39-19-7-4-8-20-39/h3-37H,1-2H3. The van der Waals surface area contributed by atoms with Gasteiger partial charge in [0.25, 0.3) is 0 Å². The minimum absolute atomic E-state index is 0.179. The highest BCUT2D eigenvalue weighted by Crippen LogP contribution is 2.54. The van der Waals surface area contributed by atoms with Gasteiger partial charge in [-0.3, -0.25) is 0 Å². The number of fused-ring (bicyclic) bond motifs is 9. The van der Waals surface area contributed by atoms with Crippen molar-refractivity contribution in [1.29, 1.82) is 0 Å². The molecule has 1 heterocycles. The number of nitrogens with zero attached hydrogens (tertiary/aromatic N) is 1. The van der Waals surface area contributed by atoms with Crippen molar-refractivity contribution in [2.75, 3.05) is 4.90 Å². The Bertz CT molecular complexity index is 3450. The molecule has 61 heavy (non-hydrogen) atoms. The van der Waals surface area contributed by atoms with Crippen molar-refractivity contribution < 1.29 is 4.42 Å². The summed E-state index contributed by atoms with van der Waals surface area (Å²) < 4.78 is 6.72. The van der Waals surface area contributed by atoms with Gasteiger partial charge in [-0.2, -0.15) is 0 Å². The average molecular weight is 780 g/mol. The third kappa shape index (κ3) is 5.56. The molecule has 0 unspecified atom stereocenters. The lowest BCUT2D eigenvalue weighted by atomic mass is 9.82. The van der Waals surface area contributed by atoms with E-state index in [4.69, 9.17) is 4.42 Å². The Kier molecular flexibility index (Phi) is 7.92. The lowest BCUT2D eigenvalue weighted by Gasteiger charge is -2.31. The van der Waals surface area contributed by atoms with Gasteiger partial charge in [0.15, 0.2) is 0 Å². The minimum Gasteiger partial charge on any atom is -0.456 e. The second-order valence-electron chi connectivity index (χ2n) is 16.9. The smallest absolute Gasteiger partial charge is 0.136 e. The number of benzene rings is 10. The fourth-order valence-electron chi connectivity index (χ4n) is 10.1. The van der Waals surface area contributed by atoms with Gasteiger partial charge in [-0.15, -0.1) is 0 Å². The van der Waals surface area contributed by atoms with Gasteiger partial charge in [0.2, 0.25) is 0 Å². The van der Waals surface area contributed by atoms with Crippen LogP contribution in [0.2, 0.25) is 0 Å². The van der Waals surface area contributed by atoms with E-state index in [0.717, 1.165) is 61.3 Å². The molecule has 10 aromatic carbocycles. The van der Waals surface area contributed by atoms with Crippen molar-refractivity contribution in [2.45, 2.75) is 19.3 Å². The Morgan fingerprint density at radius 3 is 1.72 bits per heavy atom. The first-order valence-electron chi connectivity index (χ1n) is 21.2. The maximum Gasteiger partial charge on any atom is 0.136 e. The zero-order chi connectivity index (χ0) is 40.7. The van der Waals surface area contributed by atoms with Crippen LogP contribution in [0.15, 0.2) is 217 Å². The van der Waals surface area contributed by atoms with E-state index < -0.39 is 0 Å². The maximum absolute atomic E-state index is 6.72. The molecule has 288 valence electrons. The first-order valence-corrected chi connectivity index (χ1v) is 21.2. The number of para-hydroxylation sites is 1. The summed E-state index contributed by atoms with van der Waals surface area (Å²) in [6.45, 7) is 4.74. The monoisotopic (exact) mass is 779 g/mol. The van der Waals surface area contributed by atoms with E-state index in [1.54, 1.807) is 0 Å². The highest BCUT2D eigenvalue weighted by atomic mass is 16.3. The second kappa shape index (κ2) is 13.7. The molecule has 11 aromatic rings. The van der Waals surface area contributed by atoms with Crippen molar-refractivity contribution in [2.24, 2.45) is 0 Å². The number of hydrogen-bond acceptors (Lipinski definition) is 2. The summed E-state index contributed by atoms with van der Waals surface area (Å²) in [5, 5.41) is 7.05. The van der Waals surface area contributed by atoms with Crippen LogP contribution in [0.25, 0.3) is 88.0 Å². The molecule has 0 bridgehead atoms. The predicted octanol–water partition coefficient (Wildman–Crippen LogP) is 16.7. The van der Waals surface area contributed by atoms with Gasteiger partial charge in [-0.1, -0.05) is 172 Å². The molecule has 0 spiro atoms. The number of anilines is 3. The molecular formula is C59H41NO. The zero-order valence-corrected chi connectivity index (χ0v) is 34.1. The molecule has 0 fully saturated rings. The Labute approximate surface area is 355 Å². The third-order valence-corrected chi connectivity index (χ3v) is 13.0. The molecule has 1 aliphatic rings. The van der Waals surface area contributed by atoms with E-state index in [0.29, 0.717) is 0 Å². The molecule has 1 aromatic heterocycles. The summed E-state index contributed by atoms with van der Waals surface area (Å²) in [4.78, 5) is 2.53. The van der Waals surface area contributed by atoms with Gasteiger partial charge in [0.05, 0.1) is 11.4 Å². The number of furan rings is 1. The molecule has 12 rings (SSSR count). The average Bonchev–Trinajstić information content (AvgIpc) is 3.81. The third-order valence-electron chi connectivity index (χ3n) is 13.0. The van der Waals surface area contributed by atoms with E-state index in [2.05, 4.69) is 231 Å². The molecular weight excluding hydrogens is 739 g/mol. The van der Waals surface area contributed by atoms with Gasteiger partial charge in [0.1, 0.15) is 11.2 Å². The topological polar surface area (TPSA) is 16.4 Å². The number of hydrogen-bond donors (Lipinski definition) is 0. The lowest BCUT2D eigenvalue weighted by molar-refractivity contribution is 0.660. The molecule has 2 nitrogen and oxygen atoms in total. The molecule has 0 amide bonds. The van der Waals surface area contributed by atoms with E-state index in [9.17, 15) is 0 Å². The summed E-state index contributed by atoms with van der Waals surface area (Å²) in [6.07, 6.45) is 0. The van der Waals surface area contributed by atoms with Gasteiger partial charge in [0, 0.05) is 32.8 Å². The van der Waals surface area contributed by atoms with Gasteiger partial charge < -0.3 is 9.32 Å². The normalized spacial score (nSPS) is 12.9. The quantitative estimate of drug-likeness (QED) is 0.156. The minimum atomic E-state index is -0.179. The first-order chi connectivity index (χ1) is 30.0. The van der Waals surface area contributed by atoms with Crippen LogP contribution >= 0.6 is 0 Å². The summed E-state index contributed by atoms with van der Waals surface area (Å²) >= 11 is 0. The van der Waals surface area contributed by atoms with E-state index in [-0.39, 0.29) is 5.41 Å². The molecule has 2 heteroatoms. The maximum atomic E-state index is 6.72. The van der Waals surface area contributed by atoms with E-state index >= 15 is 0 Å². The highest BCUT2D eigenvalue weighted by molar-refractivity contribution is 6.19. The van der Waals surface area contributed by atoms with Crippen LogP contribution in [-0.4, -0.2) is 0 Å². The Hall–Kier alpha value is -7.68. The fraction of sp³-hybridized carbons (Fsp3) is 0.0508. The molecule has 0 saturated carbocycles. The van der Waals surface area contributed by atoms with Crippen molar-refractivity contribution in [1.82, 2.24) is 0 Å². The fourth-order valence-corrected chi connectivity index (χ4v) is 10.1. The molecule has 0 aliphatic heterocycles. The summed E-state index contributed by atoms with van der Waals surface area (Å²) in [6, 6.07) is 77.6. The molecule has 0 saturated heterocycles. The highest BCUT2D eigenvalue weighted by Gasteiger charge is 2.36. The molecule has 0 atom stereocenters. The van der Waals surface area contributed by atoms with Crippen LogP contribution in [0.1, 0.15) is 25.0 Å². The van der Waals surface area contributed by atoms with Crippen LogP contribution in [0.4, 0.5) is 17.1 Å². The Morgan fingerprint density at radius 2 is 0.967 bits per heavy atom. The first kappa shape index (κ1) is 35.3. The van der Waals surface area contributed by atoms with Gasteiger partial charge in [-0.05, 0) is 121 Å². The van der Waals surface area contributed by atoms with Crippen LogP contribution in [0, 0.1) is 0 Å². The summed E-state index contributed by atoms with van der Waals surface area (Å²) in [7, 11) is 0. The van der Waals surface area contributed by atoms with E-state index in [1.807, 2.05) is 0 Å². The summed E-state index contributed by atoms with van der Waals surface area (Å²) in [5.41, 5.74) is 17.1. The lowest BCUT2D eigenvalue weighted by Crippen LogP contribution is -2.17. The SMILES string of the molecule is CC1(C)c2ccccc2-c2ccc(N(c3ccc4oc5ccccc5c4c3-c3cc(-c4ccccc4)cc(-c4ccccc4)c3)c3cc4ccccc4c4ccccc34)cc21. The van der Waals surface area contributed by atoms with Crippen LogP contribution < -0.4 is 4.90 Å². The van der Waals surface area contributed by atoms with Gasteiger partial charge in [-0.25, -0.2) is 0 Å². The van der Waals surface area contributed by atoms with Crippen molar-refractivity contribution in [3.8, 4) is 44.5 Å². The molecule has 0 radical (unpaired) electrons. The van der Waals surface area contributed by atoms with Crippen LogP contribution in [0.5, 0.6) is 0 Å². The second-order valence-corrected chi connectivity index (χ2v) is 16.9. The Morgan fingerprint density at radius 1 is 0.377 bits per heavy atom. The molecule has 1 aliphatic carbocycles. The van der Waals surface area contributed by atoms with Crippen molar-refractivity contribution in [3.05, 3.63) is 223 Å². The number of rotatable bonds is 6. The predicted molar refractivity (Wildman–Crippen MR) is 257 cm³/mol. The summed E-state index contributed by atoms with van der Waals surface area (Å²) in [5.74, 6) is 0.